The molecule has 2 heteroatoms. The molecule has 0 aromatic rings. The molecule has 0 saturated carbocycles. The minimum Gasteiger partial charge on any atom is -0.385 e. The van der Waals surface area contributed by atoms with Gasteiger partial charge in [-0.2, -0.15) is 0 Å². The second kappa shape index (κ2) is 4.94. The summed E-state index contributed by atoms with van der Waals surface area (Å²) in [4.78, 5) is 4.23. The second-order valence-electron chi connectivity index (χ2n) is 3.17. The molecule has 0 aromatic carbocycles. The highest BCUT2D eigenvalue weighted by atomic mass is 14.9. The van der Waals surface area contributed by atoms with Crippen LogP contribution in [-0.4, -0.2) is 18.3 Å². The predicted molar refractivity (Wildman–Crippen MR) is 51.1 cm³/mol. The van der Waals surface area contributed by atoms with Gasteiger partial charge in [0.05, 0.1) is 6.54 Å². The number of hydrogen-bond donors (Lipinski definition) is 1. The summed E-state index contributed by atoms with van der Waals surface area (Å²) in [5.41, 5.74) is 2.08. The van der Waals surface area contributed by atoms with Crippen molar-refractivity contribution in [1.29, 1.82) is 0 Å². The Labute approximate surface area is 69.4 Å². The van der Waals surface area contributed by atoms with Gasteiger partial charge >= 0.3 is 0 Å². The lowest BCUT2D eigenvalue weighted by molar-refractivity contribution is 0.661. The Morgan fingerprint density at radius 1 is 1.45 bits per heavy atom. The predicted octanol–water partition coefficient (Wildman–Crippen LogP) is 1.98. The van der Waals surface area contributed by atoms with E-state index >= 15 is 0 Å². The first kappa shape index (κ1) is 10.2. The average Bonchev–Trinajstić information content (AvgIpc) is 1.82. The lowest BCUT2D eigenvalue weighted by atomic mass is 10.3. The summed E-state index contributed by atoms with van der Waals surface area (Å²) < 4.78 is 0. The van der Waals surface area contributed by atoms with Crippen molar-refractivity contribution in [3.05, 3.63) is 12.3 Å². The van der Waals surface area contributed by atoms with Gasteiger partial charge in [-0.1, -0.05) is 6.58 Å². The maximum atomic E-state index is 4.23. The number of rotatable bonds is 4. The first-order valence-corrected chi connectivity index (χ1v) is 3.94. The van der Waals surface area contributed by atoms with Gasteiger partial charge in [-0.3, -0.25) is 4.99 Å². The summed E-state index contributed by atoms with van der Waals surface area (Å²) >= 11 is 0. The minimum atomic E-state index is 0.454. The zero-order valence-electron chi connectivity index (χ0n) is 7.94. The number of nitrogens with zero attached hydrogens (tertiary/aromatic N) is 1. The highest BCUT2D eigenvalue weighted by molar-refractivity contribution is 5.79. The quantitative estimate of drug-likeness (QED) is 0.615. The van der Waals surface area contributed by atoms with Crippen LogP contribution >= 0.6 is 0 Å². The molecule has 0 aromatic heterocycles. The van der Waals surface area contributed by atoms with E-state index in [2.05, 4.69) is 30.7 Å². The van der Waals surface area contributed by atoms with Crippen LogP contribution in [0.15, 0.2) is 17.3 Å². The molecular weight excluding hydrogens is 136 g/mol. The highest BCUT2D eigenvalue weighted by Crippen LogP contribution is 1.89. The standard InChI is InChI=1S/C9H18N2/c1-7(2)10-6-9(5)11-8(3)4/h8,11H,5-6H2,1-4H3. The summed E-state index contributed by atoms with van der Waals surface area (Å²) in [6.07, 6.45) is 0. The van der Waals surface area contributed by atoms with Crippen LogP contribution in [0.5, 0.6) is 0 Å². The smallest absolute Gasteiger partial charge is 0.0779 e. The van der Waals surface area contributed by atoms with Crippen LogP contribution in [0.4, 0.5) is 0 Å². The molecule has 1 N–H and O–H groups in total. The Morgan fingerprint density at radius 2 is 2.00 bits per heavy atom. The van der Waals surface area contributed by atoms with E-state index in [4.69, 9.17) is 0 Å². The largest absolute Gasteiger partial charge is 0.385 e. The topological polar surface area (TPSA) is 24.4 Å². The summed E-state index contributed by atoms with van der Waals surface area (Å²) in [6, 6.07) is 0.454. The van der Waals surface area contributed by atoms with Crippen LogP contribution in [0.1, 0.15) is 27.7 Å². The van der Waals surface area contributed by atoms with Gasteiger partial charge in [-0.15, -0.1) is 0 Å². The Hall–Kier alpha value is -0.790. The van der Waals surface area contributed by atoms with Gasteiger partial charge in [0.1, 0.15) is 0 Å². The molecule has 0 aliphatic carbocycles. The van der Waals surface area contributed by atoms with Gasteiger partial charge in [-0.25, -0.2) is 0 Å². The summed E-state index contributed by atoms with van der Waals surface area (Å²) in [5.74, 6) is 0. The van der Waals surface area contributed by atoms with Crippen LogP contribution < -0.4 is 5.32 Å². The molecule has 0 fully saturated rings. The highest BCUT2D eigenvalue weighted by Gasteiger charge is 1.93. The monoisotopic (exact) mass is 154 g/mol. The van der Waals surface area contributed by atoms with Gasteiger partial charge in [0.25, 0.3) is 0 Å². The lowest BCUT2D eigenvalue weighted by Crippen LogP contribution is -2.22. The van der Waals surface area contributed by atoms with Crippen molar-refractivity contribution >= 4 is 5.71 Å². The van der Waals surface area contributed by atoms with E-state index < -0.39 is 0 Å². The van der Waals surface area contributed by atoms with Crippen molar-refractivity contribution in [3.63, 3.8) is 0 Å². The third-order valence-electron chi connectivity index (χ3n) is 1.08. The second-order valence-corrected chi connectivity index (χ2v) is 3.17. The minimum absolute atomic E-state index is 0.454. The van der Waals surface area contributed by atoms with E-state index in [9.17, 15) is 0 Å². The van der Waals surface area contributed by atoms with Crippen LogP contribution in [0.25, 0.3) is 0 Å². The molecule has 0 amide bonds. The normalized spacial score (nSPS) is 9.55. The SMILES string of the molecule is C=C(CN=C(C)C)NC(C)C. The Morgan fingerprint density at radius 3 is 2.36 bits per heavy atom. The van der Waals surface area contributed by atoms with Crippen LogP contribution in [0.2, 0.25) is 0 Å². The van der Waals surface area contributed by atoms with Gasteiger partial charge < -0.3 is 5.32 Å². The molecule has 64 valence electrons. The van der Waals surface area contributed by atoms with Gasteiger partial charge in [0.2, 0.25) is 0 Å². The van der Waals surface area contributed by atoms with Gasteiger partial charge in [0, 0.05) is 17.5 Å². The first-order valence-electron chi connectivity index (χ1n) is 3.94. The molecule has 0 radical (unpaired) electrons. The van der Waals surface area contributed by atoms with Crippen LogP contribution in [0.3, 0.4) is 0 Å². The fourth-order valence-corrected chi connectivity index (χ4v) is 0.707. The zero-order chi connectivity index (χ0) is 8.85. The summed E-state index contributed by atoms with van der Waals surface area (Å²) in [7, 11) is 0. The third-order valence-corrected chi connectivity index (χ3v) is 1.08. The molecule has 0 aliphatic rings. The molecule has 0 unspecified atom stereocenters. The van der Waals surface area contributed by atoms with E-state index in [1.54, 1.807) is 0 Å². The van der Waals surface area contributed by atoms with Crippen LogP contribution in [-0.2, 0) is 0 Å². The van der Waals surface area contributed by atoms with Crippen molar-refractivity contribution in [1.82, 2.24) is 5.32 Å². The Kier molecular flexibility index (Phi) is 4.59. The number of nitrogens with one attached hydrogen (secondary N) is 1. The summed E-state index contributed by atoms with van der Waals surface area (Å²) in [5, 5.41) is 3.20. The molecule has 11 heavy (non-hydrogen) atoms. The molecule has 2 nitrogen and oxygen atoms in total. The van der Waals surface area contributed by atoms with E-state index in [1.807, 2.05) is 13.8 Å². The van der Waals surface area contributed by atoms with E-state index in [-0.39, 0.29) is 0 Å². The molecule has 0 heterocycles. The van der Waals surface area contributed by atoms with Crippen molar-refractivity contribution in [3.8, 4) is 0 Å². The first-order chi connectivity index (χ1) is 5.02. The Balaban J connectivity index is 3.62. The molecule has 0 saturated heterocycles. The third kappa shape index (κ3) is 7.10. The van der Waals surface area contributed by atoms with Crippen molar-refractivity contribution in [2.45, 2.75) is 33.7 Å². The molecule has 0 spiro atoms. The molecule has 0 bridgehead atoms. The van der Waals surface area contributed by atoms with Crippen molar-refractivity contribution in [2.24, 2.45) is 4.99 Å². The molecule has 0 aliphatic heterocycles. The van der Waals surface area contributed by atoms with Gasteiger partial charge in [-0.05, 0) is 27.7 Å². The number of hydrogen-bond acceptors (Lipinski definition) is 2. The van der Waals surface area contributed by atoms with E-state index in [0.29, 0.717) is 12.6 Å². The van der Waals surface area contributed by atoms with E-state index in [1.165, 1.54) is 0 Å². The fraction of sp³-hybridized carbons (Fsp3) is 0.667. The molecule has 0 rings (SSSR count). The average molecular weight is 154 g/mol. The van der Waals surface area contributed by atoms with Crippen LogP contribution in [0, 0.1) is 0 Å². The number of aliphatic imine (C=N–C) groups is 1. The summed E-state index contributed by atoms with van der Waals surface area (Å²) in [6.45, 7) is 12.7. The zero-order valence-corrected chi connectivity index (χ0v) is 7.94. The van der Waals surface area contributed by atoms with Crippen molar-refractivity contribution in [2.75, 3.05) is 6.54 Å². The maximum Gasteiger partial charge on any atom is 0.0779 e. The van der Waals surface area contributed by atoms with Gasteiger partial charge in [0.15, 0.2) is 0 Å². The fourth-order valence-electron chi connectivity index (χ4n) is 0.707. The van der Waals surface area contributed by atoms with Crippen molar-refractivity contribution < 1.29 is 0 Å². The van der Waals surface area contributed by atoms with E-state index in [0.717, 1.165) is 11.4 Å². The Bertz CT molecular complexity index is 153. The molecular formula is C9H18N2. The molecule has 0 atom stereocenters. The maximum absolute atomic E-state index is 4.23. The lowest BCUT2D eigenvalue weighted by Gasteiger charge is -2.10.